The highest BCUT2D eigenvalue weighted by atomic mass is 32.2. The van der Waals surface area contributed by atoms with E-state index in [-0.39, 0.29) is 11.5 Å². The van der Waals surface area contributed by atoms with Gasteiger partial charge in [0.2, 0.25) is 5.91 Å². The lowest BCUT2D eigenvalue weighted by atomic mass is 10.1. The van der Waals surface area contributed by atoms with Crippen molar-refractivity contribution in [3.8, 4) is 0 Å². The van der Waals surface area contributed by atoms with Crippen molar-refractivity contribution < 1.29 is 4.79 Å². The number of H-pyrrole nitrogens is 1. The number of hydrogen-bond donors (Lipinski definition) is 1. The van der Waals surface area contributed by atoms with E-state index in [0.29, 0.717) is 30.4 Å². The van der Waals surface area contributed by atoms with Gasteiger partial charge in [0, 0.05) is 37.2 Å². The van der Waals surface area contributed by atoms with E-state index in [1.54, 1.807) is 11.3 Å². The molecule has 0 fully saturated rings. The number of rotatable bonds is 4. The number of likely N-dealkylation sites (N-methyl/N-ethyl adjacent to an activating group) is 1. The summed E-state index contributed by atoms with van der Waals surface area (Å²) in [7, 11) is 2.07. The van der Waals surface area contributed by atoms with Crippen LogP contribution in [0.2, 0.25) is 0 Å². The quantitative estimate of drug-likeness (QED) is 0.675. The van der Waals surface area contributed by atoms with E-state index < -0.39 is 0 Å². The molecule has 0 saturated heterocycles. The number of nitrogens with one attached hydrogen (secondary N) is 1. The van der Waals surface area contributed by atoms with Gasteiger partial charge in [-0.15, -0.1) is 23.1 Å². The van der Waals surface area contributed by atoms with Crippen LogP contribution < -0.4 is 10.5 Å². The smallest absolute Gasteiger partial charge is 0.259 e. The lowest BCUT2D eigenvalue weighted by Gasteiger charge is -2.20. The lowest BCUT2D eigenvalue weighted by Crippen LogP contribution is -2.35. The van der Waals surface area contributed by atoms with Crippen LogP contribution in [0.3, 0.4) is 0 Å². The molecule has 2 aliphatic rings. The number of amides is 1. The molecule has 2 aromatic heterocycles. The molecule has 1 aliphatic carbocycles. The van der Waals surface area contributed by atoms with Crippen molar-refractivity contribution in [1.29, 1.82) is 0 Å². The van der Waals surface area contributed by atoms with Gasteiger partial charge in [-0.25, -0.2) is 4.98 Å². The first kappa shape index (κ1) is 19.6. The van der Waals surface area contributed by atoms with Crippen molar-refractivity contribution in [1.82, 2.24) is 14.9 Å². The third-order valence-corrected chi connectivity index (χ3v) is 8.02. The Balaban J connectivity index is 1.24. The fourth-order valence-electron chi connectivity index (χ4n) is 4.35. The van der Waals surface area contributed by atoms with Gasteiger partial charge in [0.1, 0.15) is 10.7 Å². The van der Waals surface area contributed by atoms with Gasteiger partial charge in [0.05, 0.1) is 16.9 Å². The second-order valence-electron chi connectivity index (χ2n) is 7.91. The number of nitrogens with zero attached hydrogens (tertiary/aromatic N) is 3. The topological polar surface area (TPSA) is 69.3 Å². The van der Waals surface area contributed by atoms with E-state index in [4.69, 9.17) is 0 Å². The summed E-state index contributed by atoms with van der Waals surface area (Å²) in [6.45, 7) is 2.18. The zero-order valence-electron chi connectivity index (χ0n) is 16.9. The molecule has 0 atom stereocenters. The van der Waals surface area contributed by atoms with Gasteiger partial charge in [-0.3, -0.25) is 9.59 Å². The van der Waals surface area contributed by atoms with E-state index >= 15 is 0 Å². The Morgan fingerprint density at radius 3 is 3.03 bits per heavy atom. The Bertz CT molecular complexity index is 1170. The molecule has 0 bridgehead atoms. The number of anilines is 1. The summed E-state index contributed by atoms with van der Waals surface area (Å²) >= 11 is 3.17. The molecule has 0 radical (unpaired) electrons. The predicted octanol–water partition coefficient (Wildman–Crippen LogP) is 3.19. The highest BCUT2D eigenvalue weighted by Crippen LogP contribution is 2.34. The Morgan fingerprint density at radius 2 is 2.13 bits per heavy atom. The number of fused-ring (bicyclic) bond motifs is 4. The van der Waals surface area contributed by atoms with Gasteiger partial charge in [-0.05, 0) is 36.5 Å². The van der Waals surface area contributed by atoms with Crippen LogP contribution in [0.25, 0.3) is 10.2 Å². The molecule has 30 heavy (non-hydrogen) atoms. The van der Waals surface area contributed by atoms with Crippen LogP contribution in [0.15, 0.2) is 29.1 Å². The van der Waals surface area contributed by atoms with Crippen LogP contribution in [-0.4, -0.2) is 46.7 Å². The number of aromatic amines is 1. The Labute approximate surface area is 183 Å². The molecule has 1 aliphatic heterocycles. The molecule has 8 heteroatoms. The molecule has 0 saturated carbocycles. The molecule has 3 aromatic rings. The fourth-order valence-corrected chi connectivity index (χ4v) is 6.42. The number of thiophene rings is 1. The summed E-state index contributed by atoms with van der Waals surface area (Å²) in [4.78, 5) is 39.3. The van der Waals surface area contributed by atoms with Crippen molar-refractivity contribution >= 4 is 44.9 Å². The Kier molecular flexibility index (Phi) is 5.28. The van der Waals surface area contributed by atoms with Crippen LogP contribution in [0.1, 0.15) is 28.2 Å². The molecule has 1 aromatic carbocycles. The van der Waals surface area contributed by atoms with Crippen molar-refractivity contribution in [2.24, 2.45) is 0 Å². The molecular formula is C22H24N4O2S2. The summed E-state index contributed by atoms with van der Waals surface area (Å²) in [5.74, 6) is 1.70. The van der Waals surface area contributed by atoms with Gasteiger partial charge in [-0.1, -0.05) is 18.2 Å². The third-order valence-electron chi connectivity index (χ3n) is 5.91. The molecule has 5 rings (SSSR count). The molecule has 3 heterocycles. The average molecular weight is 441 g/mol. The van der Waals surface area contributed by atoms with Crippen LogP contribution in [0.5, 0.6) is 0 Å². The summed E-state index contributed by atoms with van der Waals surface area (Å²) in [6.07, 6.45) is 3.17. The second-order valence-corrected chi connectivity index (χ2v) is 9.98. The van der Waals surface area contributed by atoms with Gasteiger partial charge >= 0.3 is 0 Å². The molecular weight excluding hydrogens is 416 g/mol. The summed E-state index contributed by atoms with van der Waals surface area (Å²) in [6, 6.07) is 8.26. The van der Waals surface area contributed by atoms with Gasteiger partial charge in [0.15, 0.2) is 0 Å². The Morgan fingerprint density at radius 1 is 1.27 bits per heavy atom. The minimum Gasteiger partial charge on any atom is -0.373 e. The van der Waals surface area contributed by atoms with E-state index in [1.165, 1.54) is 33.5 Å². The normalized spacial score (nSPS) is 15.9. The maximum atomic E-state index is 12.8. The largest absolute Gasteiger partial charge is 0.373 e. The first-order chi connectivity index (χ1) is 14.6. The third kappa shape index (κ3) is 3.63. The molecule has 156 valence electrons. The van der Waals surface area contributed by atoms with Crippen molar-refractivity contribution in [2.75, 3.05) is 30.8 Å². The van der Waals surface area contributed by atoms with Crippen molar-refractivity contribution in [3.63, 3.8) is 0 Å². The van der Waals surface area contributed by atoms with E-state index in [2.05, 4.69) is 34.0 Å². The zero-order valence-corrected chi connectivity index (χ0v) is 18.6. The first-order valence-corrected chi connectivity index (χ1v) is 12.3. The zero-order chi connectivity index (χ0) is 20.7. The summed E-state index contributed by atoms with van der Waals surface area (Å²) in [5, 5.41) is 0.782. The van der Waals surface area contributed by atoms with Crippen LogP contribution in [0.4, 0.5) is 5.69 Å². The standard InChI is InChI=1S/C22H24N4O2S2/c1-25-9-10-26(11-14-5-2-3-7-16(14)25)19(27)13-29-12-18-23-21(28)20-15-6-4-8-17(15)30-22(20)24-18/h2-3,5,7H,4,6,8-13H2,1H3,(H,23,24,28). The van der Waals surface area contributed by atoms with E-state index in [1.807, 2.05) is 17.0 Å². The second kappa shape index (κ2) is 8.07. The molecule has 0 spiro atoms. The van der Waals surface area contributed by atoms with Gasteiger partial charge in [-0.2, -0.15) is 0 Å². The molecule has 0 unspecified atom stereocenters. The summed E-state index contributed by atoms with van der Waals surface area (Å²) < 4.78 is 0. The maximum absolute atomic E-state index is 12.8. The van der Waals surface area contributed by atoms with Gasteiger partial charge < -0.3 is 14.8 Å². The van der Waals surface area contributed by atoms with Crippen LogP contribution >= 0.6 is 23.1 Å². The number of carbonyl (C=O) groups excluding carboxylic acids is 1. The van der Waals surface area contributed by atoms with Gasteiger partial charge in [0.25, 0.3) is 5.56 Å². The van der Waals surface area contributed by atoms with E-state index in [0.717, 1.165) is 36.0 Å². The number of hydrogen-bond acceptors (Lipinski definition) is 6. The number of thioether (sulfide) groups is 1. The minimum atomic E-state index is -0.0338. The molecule has 1 amide bonds. The molecule has 6 nitrogen and oxygen atoms in total. The number of para-hydroxylation sites is 1. The van der Waals surface area contributed by atoms with Crippen molar-refractivity contribution in [2.45, 2.75) is 31.6 Å². The SMILES string of the molecule is CN1CCN(C(=O)CSCc2nc3sc4c(c3c(=O)[nH]2)CCC4)Cc2ccccc21. The predicted molar refractivity (Wildman–Crippen MR) is 124 cm³/mol. The highest BCUT2D eigenvalue weighted by Gasteiger charge is 2.22. The Hall–Kier alpha value is -2.32. The number of carbonyl (C=O) groups is 1. The average Bonchev–Trinajstić information content (AvgIpc) is 3.27. The first-order valence-electron chi connectivity index (χ1n) is 10.3. The fraction of sp³-hybridized carbons (Fsp3) is 0.409. The number of benzene rings is 1. The summed E-state index contributed by atoms with van der Waals surface area (Å²) in [5.41, 5.74) is 3.54. The van der Waals surface area contributed by atoms with E-state index in [9.17, 15) is 9.59 Å². The van der Waals surface area contributed by atoms with Crippen LogP contribution in [-0.2, 0) is 29.9 Å². The lowest BCUT2D eigenvalue weighted by molar-refractivity contribution is -0.128. The monoisotopic (exact) mass is 440 g/mol. The molecule has 1 N–H and O–H groups in total. The van der Waals surface area contributed by atoms with Crippen molar-refractivity contribution in [3.05, 3.63) is 56.4 Å². The number of aromatic nitrogens is 2. The minimum absolute atomic E-state index is 0.0338. The number of aryl methyl sites for hydroxylation is 2. The van der Waals surface area contributed by atoms with Crippen LogP contribution in [0, 0.1) is 0 Å². The maximum Gasteiger partial charge on any atom is 0.259 e. The highest BCUT2D eigenvalue weighted by molar-refractivity contribution is 7.99.